The highest BCUT2D eigenvalue weighted by Crippen LogP contribution is 2.16. The zero-order chi connectivity index (χ0) is 17.7. The second-order valence-electron chi connectivity index (χ2n) is 5.83. The molecule has 128 valence electrons. The highest BCUT2D eigenvalue weighted by Gasteiger charge is 2.43. The van der Waals surface area contributed by atoms with Gasteiger partial charge in [-0.25, -0.2) is 10.2 Å². The van der Waals surface area contributed by atoms with Gasteiger partial charge in [0, 0.05) is 13.0 Å². The van der Waals surface area contributed by atoms with E-state index in [1.54, 1.807) is 39.2 Å². The summed E-state index contributed by atoms with van der Waals surface area (Å²) in [4.78, 5) is 36.5. The van der Waals surface area contributed by atoms with Gasteiger partial charge in [0.2, 0.25) is 5.91 Å². The fourth-order valence-electron chi connectivity index (χ4n) is 2.19. The van der Waals surface area contributed by atoms with Crippen molar-refractivity contribution in [3.05, 3.63) is 29.8 Å². The molecule has 1 aromatic carbocycles. The highest BCUT2D eigenvalue weighted by molar-refractivity contribution is 6.06. The molecule has 1 heterocycles. The van der Waals surface area contributed by atoms with E-state index < -0.39 is 11.6 Å². The van der Waals surface area contributed by atoms with Crippen LogP contribution in [0, 0.1) is 0 Å². The van der Waals surface area contributed by atoms with Gasteiger partial charge in [-0.1, -0.05) is 12.1 Å². The lowest BCUT2D eigenvalue weighted by atomic mass is 10.1. The Hall–Kier alpha value is -2.90. The fraction of sp³-hybridized carbons (Fsp3) is 0.375. The number of urea groups is 1. The summed E-state index contributed by atoms with van der Waals surface area (Å²) in [5.74, 6) is -0.0499. The third kappa shape index (κ3) is 4.09. The SMILES string of the molecule is COc1cccc(/C=N\NC(=O)CCN2C(=O)NC(C)(C)C2=O)c1. The molecule has 0 spiro atoms. The number of rotatable bonds is 6. The number of hydrogen-bond acceptors (Lipinski definition) is 5. The number of benzene rings is 1. The Labute approximate surface area is 139 Å². The topological polar surface area (TPSA) is 100 Å². The van der Waals surface area contributed by atoms with E-state index in [2.05, 4.69) is 15.8 Å². The smallest absolute Gasteiger partial charge is 0.325 e. The third-order valence-electron chi connectivity index (χ3n) is 3.50. The van der Waals surface area contributed by atoms with Gasteiger partial charge in [-0.05, 0) is 31.5 Å². The molecule has 1 saturated heterocycles. The first kappa shape index (κ1) is 17.5. The number of amides is 4. The molecule has 0 unspecified atom stereocenters. The van der Waals surface area contributed by atoms with Crippen LogP contribution in [0.2, 0.25) is 0 Å². The molecule has 1 aliphatic heterocycles. The minimum Gasteiger partial charge on any atom is -0.497 e. The van der Waals surface area contributed by atoms with Gasteiger partial charge in [0.15, 0.2) is 0 Å². The van der Waals surface area contributed by atoms with Crippen molar-refractivity contribution in [2.75, 3.05) is 13.7 Å². The Morgan fingerprint density at radius 1 is 1.42 bits per heavy atom. The average molecular weight is 332 g/mol. The molecule has 1 aromatic rings. The zero-order valence-electron chi connectivity index (χ0n) is 13.8. The van der Waals surface area contributed by atoms with Crippen molar-refractivity contribution < 1.29 is 19.1 Å². The van der Waals surface area contributed by atoms with Crippen LogP contribution in [-0.4, -0.2) is 48.2 Å². The number of carbonyl (C=O) groups is 3. The molecule has 0 radical (unpaired) electrons. The Morgan fingerprint density at radius 2 is 2.17 bits per heavy atom. The van der Waals surface area contributed by atoms with E-state index in [0.29, 0.717) is 5.75 Å². The van der Waals surface area contributed by atoms with Crippen LogP contribution in [0.25, 0.3) is 0 Å². The van der Waals surface area contributed by atoms with E-state index >= 15 is 0 Å². The maximum absolute atomic E-state index is 12.0. The molecule has 2 N–H and O–H groups in total. The van der Waals surface area contributed by atoms with E-state index in [1.807, 2.05) is 6.07 Å². The molecule has 0 bridgehead atoms. The molecule has 8 nitrogen and oxygen atoms in total. The minimum absolute atomic E-state index is 0.00854. The van der Waals surface area contributed by atoms with E-state index in [-0.39, 0.29) is 24.8 Å². The van der Waals surface area contributed by atoms with Crippen LogP contribution >= 0.6 is 0 Å². The molecule has 1 aliphatic rings. The number of nitrogens with one attached hydrogen (secondary N) is 2. The van der Waals surface area contributed by atoms with Crippen LogP contribution in [0.5, 0.6) is 5.75 Å². The Balaban J connectivity index is 1.82. The largest absolute Gasteiger partial charge is 0.497 e. The monoisotopic (exact) mass is 332 g/mol. The second-order valence-corrected chi connectivity index (χ2v) is 5.83. The molecule has 1 fully saturated rings. The number of imide groups is 1. The molecular formula is C16H20N4O4. The molecular weight excluding hydrogens is 312 g/mol. The summed E-state index contributed by atoms with van der Waals surface area (Å²) >= 11 is 0. The predicted octanol–water partition coefficient (Wildman–Crippen LogP) is 0.866. The van der Waals surface area contributed by atoms with E-state index in [1.165, 1.54) is 6.21 Å². The van der Waals surface area contributed by atoms with Crippen LogP contribution < -0.4 is 15.5 Å². The summed E-state index contributed by atoms with van der Waals surface area (Å²) in [6.07, 6.45) is 1.46. The lowest BCUT2D eigenvalue weighted by Crippen LogP contribution is -2.40. The summed E-state index contributed by atoms with van der Waals surface area (Å²) in [6, 6.07) is 6.70. The maximum atomic E-state index is 12.0. The fourth-order valence-corrected chi connectivity index (χ4v) is 2.19. The standard InChI is InChI=1S/C16H20N4O4/c1-16(2)14(22)20(15(23)18-16)8-7-13(21)19-17-10-11-5-4-6-12(9-11)24-3/h4-6,9-10H,7-8H2,1-3H3,(H,18,23)(H,19,21)/b17-10-. The molecule has 8 heteroatoms. The molecule has 0 aliphatic carbocycles. The highest BCUT2D eigenvalue weighted by atomic mass is 16.5. The van der Waals surface area contributed by atoms with Gasteiger partial charge < -0.3 is 10.1 Å². The first-order chi connectivity index (χ1) is 11.3. The second kappa shape index (κ2) is 7.12. The quantitative estimate of drug-likeness (QED) is 0.458. The predicted molar refractivity (Wildman–Crippen MR) is 87.7 cm³/mol. The van der Waals surface area contributed by atoms with E-state index in [0.717, 1.165) is 10.5 Å². The molecule has 24 heavy (non-hydrogen) atoms. The van der Waals surface area contributed by atoms with Crippen molar-refractivity contribution in [1.82, 2.24) is 15.6 Å². The van der Waals surface area contributed by atoms with Crippen molar-refractivity contribution in [3.63, 3.8) is 0 Å². The number of nitrogens with zero attached hydrogens (tertiary/aromatic N) is 2. The van der Waals surface area contributed by atoms with E-state index in [9.17, 15) is 14.4 Å². The molecule has 0 aromatic heterocycles. The first-order valence-electron chi connectivity index (χ1n) is 7.43. The molecule has 0 atom stereocenters. The lowest BCUT2D eigenvalue weighted by Gasteiger charge is -2.15. The molecule has 4 amide bonds. The van der Waals surface area contributed by atoms with E-state index in [4.69, 9.17) is 4.74 Å². The number of methoxy groups -OCH3 is 1. The lowest BCUT2D eigenvalue weighted by molar-refractivity contribution is -0.130. The van der Waals surface area contributed by atoms with Crippen LogP contribution in [-0.2, 0) is 9.59 Å². The molecule has 2 rings (SSSR count). The van der Waals surface area contributed by atoms with Crippen molar-refractivity contribution in [2.45, 2.75) is 25.8 Å². The van der Waals surface area contributed by atoms with Gasteiger partial charge in [-0.3, -0.25) is 14.5 Å². The van der Waals surface area contributed by atoms with Gasteiger partial charge in [0.05, 0.1) is 13.3 Å². The van der Waals surface area contributed by atoms with Crippen molar-refractivity contribution in [1.29, 1.82) is 0 Å². The Bertz CT molecular complexity index is 684. The molecule has 0 saturated carbocycles. The number of hydrogen-bond donors (Lipinski definition) is 2. The number of ether oxygens (including phenoxy) is 1. The third-order valence-corrected chi connectivity index (χ3v) is 3.50. The van der Waals surface area contributed by atoms with Crippen LogP contribution in [0.3, 0.4) is 0 Å². The van der Waals surface area contributed by atoms with Gasteiger partial charge >= 0.3 is 6.03 Å². The average Bonchev–Trinajstić information content (AvgIpc) is 2.73. The number of hydrazone groups is 1. The summed E-state index contributed by atoms with van der Waals surface area (Å²) in [5, 5.41) is 6.40. The van der Waals surface area contributed by atoms with Crippen LogP contribution in [0.15, 0.2) is 29.4 Å². The van der Waals surface area contributed by atoms with Crippen LogP contribution in [0.4, 0.5) is 4.79 Å². The summed E-state index contributed by atoms with van der Waals surface area (Å²) in [5.41, 5.74) is 2.20. The zero-order valence-corrected chi connectivity index (χ0v) is 13.8. The van der Waals surface area contributed by atoms with Gasteiger partial charge in [0.1, 0.15) is 11.3 Å². The summed E-state index contributed by atoms with van der Waals surface area (Å²) < 4.78 is 5.09. The van der Waals surface area contributed by atoms with Gasteiger partial charge in [0.25, 0.3) is 5.91 Å². The van der Waals surface area contributed by atoms with Crippen molar-refractivity contribution >= 4 is 24.1 Å². The number of carbonyl (C=O) groups excluding carboxylic acids is 3. The first-order valence-corrected chi connectivity index (χ1v) is 7.43. The van der Waals surface area contributed by atoms with Gasteiger partial charge in [-0.2, -0.15) is 5.10 Å². The van der Waals surface area contributed by atoms with Gasteiger partial charge in [-0.15, -0.1) is 0 Å². The summed E-state index contributed by atoms with van der Waals surface area (Å²) in [7, 11) is 1.56. The van der Waals surface area contributed by atoms with Crippen molar-refractivity contribution in [2.24, 2.45) is 5.10 Å². The van der Waals surface area contributed by atoms with Crippen molar-refractivity contribution in [3.8, 4) is 5.75 Å². The van der Waals surface area contributed by atoms with Crippen LogP contribution in [0.1, 0.15) is 25.8 Å². The maximum Gasteiger partial charge on any atom is 0.325 e. The minimum atomic E-state index is -0.932. The Kier molecular flexibility index (Phi) is 5.18. The normalized spacial score (nSPS) is 16.4. The Morgan fingerprint density at radius 3 is 2.79 bits per heavy atom. The summed E-state index contributed by atoms with van der Waals surface area (Å²) in [6.45, 7) is 3.24.